The van der Waals surface area contributed by atoms with E-state index >= 15 is 0 Å². The van der Waals surface area contributed by atoms with Gasteiger partial charge in [-0.05, 0) is 60.2 Å². The van der Waals surface area contributed by atoms with Gasteiger partial charge in [-0.15, -0.1) is 11.3 Å². The predicted octanol–water partition coefficient (Wildman–Crippen LogP) is 5.94. The van der Waals surface area contributed by atoms with Crippen LogP contribution in [0.3, 0.4) is 0 Å². The number of hydrogen-bond donors (Lipinski definition) is 1. The van der Waals surface area contributed by atoms with Crippen LogP contribution in [-0.2, 0) is 23.0 Å². The maximum absolute atomic E-state index is 13.5. The van der Waals surface area contributed by atoms with Crippen LogP contribution in [0.1, 0.15) is 47.1 Å². The number of nitrogens with zero attached hydrogens (tertiary/aromatic N) is 2. The van der Waals surface area contributed by atoms with Gasteiger partial charge in [0.2, 0.25) is 0 Å². The fourth-order valence-electron chi connectivity index (χ4n) is 4.56. The van der Waals surface area contributed by atoms with Crippen molar-refractivity contribution < 1.29 is 13.2 Å². The van der Waals surface area contributed by atoms with Crippen LogP contribution in [0.25, 0.3) is 21.3 Å². The molecular weight excluding hydrogens is 542 g/mol. The van der Waals surface area contributed by atoms with Crippen molar-refractivity contribution in [2.45, 2.75) is 44.6 Å². The van der Waals surface area contributed by atoms with Gasteiger partial charge in [0.15, 0.2) is 0 Å². The minimum absolute atomic E-state index is 0.0432. The minimum atomic E-state index is -4.09. The monoisotopic (exact) mass is 571 g/mol. The zero-order valence-electron chi connectivity index (χ0n) is 22.3. The molecule has 0 unspecified atom stereocenters. The molecule has 1 amide bonds. The van der Waals surface area contributed by atoms with Crippen LogP contribution >= 0.6 is 11.3 Å². The fraction of sp³-hybridized carbons (Fsp3) is 0.194. The second-order valence-electron chi connectivity index (χ2n) is 9.66. The molecule has 204 valence electrons. The van der Waals surface area contributed by atoms with Gasteiger partial charge in [0.05, 0.1) is 22.3 Å². The van der Waals surface area contributed by atoms with Gasteiger partial charge in [-0.3, -0.25) is 14.2 Å². The summed E-state index contributed by atoms with van der Waals surface area (Å²) in [4.78, 5) is 31.4. The van der Waals surface area contributed by atoms with E-state index in [2.05, 4.69) is 11.6 Å². The number of hydrogen-bond acceptors (Lipinski definition) is 6. The van der Waals surface area contributed by atoms with Crippen molar-refractivity contribution >= 4 is 38.2 Å². The first kappa shape index (κ1) is 27.5. The number of amides is 1. The molecule has 40 heavy (non-hydrogen) atoms. The van der Waals surface area contributed by atoms with Crippen molar-refractivity contribution in [3.63, 3.8) is 0 Å². The molecule has 0 atom stereocenters. The first-order valence-corrected chi connectivity index (χ1v) is 15.4. The van der Waals surface area contributed by atoms with Crippen molar-refractivity contribution in [1.82, 2.24) is 14.3 Å². The number of thiophene rings is 1. The van der Waals surface area contributed by atoms with E-state index in [1.165, 1.54) is 17.4 Å². The van der Waals surface area contributed by atoms with Gasteiger partial charge in [0.25, 0.3) is 21.5 Å². The van der Waals surface area contributed by atoms with E-state index in [1.807, 2.05) is 49.4 Å². The van der Waals surface area contributed by atoms with E-state index in [1.54, 1.807) is 40.3 Å². The van der Waals surface area contributed by atoms with Crippen LogP contribution in [-0.4, -0.2) is 23.9 Å². The highest BCUT2D eigenvalue weighted by molar-refractivity contribution is 7.90. The molecule has 7 nitrogen and oxygen atoms in total. The zero-order valence-corrected chi connectivity index (χ0v) is 23.9. The number of carbonyl (C=O) groups excluding carboxylic acids is 1. The highest BCUT2D eigenvalue weighted by Gasteiger charge is 2.24. The number of rotatable bonds is 9. The van der Waals surface area contributed by atoms with Gasteiger partial charge in [0, 0.05) is 12.0 Å². The number of benzene rings is 3. The normalized spacial score (nSPS) is 11.6. The lowest BCUT2D eigenvalue weighted by atomic mass is 10.1. The third-order valence-electron chi connectivity index (χ3n) is 6.68. The largest absolute Gasteiger partial charge is 0.292 e. The number of aryl methyl sites for hydroxylation is 2. The number of aromatic nitrogens is 2. The van der Waals surface area contributed by atoms with Gasteiger partial charge < -0.3 is 0 Å². The Morgan fingerprint density at radius 3 is 2.48 bits per heavy atom. The van der Waals surface area contributed by atoms with Crippen molar-refractivity contribution in [2.24, 2.45) is 0 Å². The Morgan fingerprint density at radius 1 is 1.00 bits per heavy atom. The minimum Gasteiger partial charge on any atom is -0.292 e. The molecule has 3 aromatic carbocycles. The Hall–Kier alpha value is -4.08. The Kier molecular flexibility index (Phi) is 7.95. The van der Waals surface area contributed by atoms with Gasteiger partial charge in [0.1, 0.15) is 10.7 Å². The van der Waals surface area contributed by atoms with Crippen molar-refractivity contribution in [2.75, 3.05) is 0 Å². The molecular formula is C31H29N3O4S2. The van der Waals surface area contributed by atoms with Crippen molar-refractivity contribution in [3.05, 3.63) is 117 Å². The Labute approximate surface area is 237 Å². The van der Waals surface area contributed by atoms with Crippen LogP contribution < -0.4 is 10.3 Å². The van der Waals surface area contributed by atoms with Crippen molar-refractivity contribution in [1.29, 1.82) is 0 Å². The highest BCUT2D eigenvalue weighted by Crippen LogP contribution is 2.33. The average Bonchev–Trinajstić information content (AvgIpc) is 3.46. The van der Waals surface area contributed by atoms with E-state index in [-0.39, 0.29) is 16.0 Å². The van der Waals surface area contributed by atoms with E-state index in [0.717, 1.165) is 29.8 Å². The van der Waals surface area contributed by atoms with Crippen LogP contribution in [0.5, 0.6) is 0 Å². The number of nitrogens with one attached hydrogen (secondary N) is 1. The molecule has 5 aromatic rings. The zero-order chi connectivity index (χ0) is 28.3. The average molecular weight is 572 g/mol. The smallest absolute Gasteiger partial charge is 0.265 e. The first-order chi connectivity index (χ1) is 19.3. The standard InChI is InChI=1S/C31H29N3O4S2/c1-3-4-10-28-32-26-16-11-21(2)19-25(26)31(36)34(28)20-22-12-14-23(15-13-22)29-27(17-18-39-29)40(37,38)33-30(35)24-8-6-5-7-9-24/h5-9,11-19H,3-4,10,20H2,1-2H3,(H,33,35). The molecule has 9 heteroatoms. The first-order valence-electron chi connectivity index (χ1n) is 13.1. The molecule has 0 aliphatic heterocycles. The number of fused-ring (bicyclic) bond motifs is 1. The summed E-state index contributed by atoms with van der Waals surface area (Å²) in [5, 5.41) is 2.29. The molecule has 1 N–H and O–H groups in total. The summed E-state index contributed by atoms with van der Waals surface area (Å²) >= 11 is 1.28. The lowest BCUT2D eigenvalue weighted by molar-refractivity contribution is 0.0981. The Morgan fingerprint density at radius 2 is 1.75 bits per heavy atom. The van der Waals surface area contributed by atoms with Gasteiger partial charge in [-0.25, -0.2) is 18.1 Å². The molecule has 0 aliphatic rings. The van der Waals surface area contributed by atoms with Crippen molar-refractivity contribution in [3.8, 4) is 10.4 Å². The van der Waals surface area contributed by atoms with E-state index in [0.29, 0.717) is 34.3 Å². The lowest BCUT2D eigenvalue weighted by Gasteiger charge is -2.14. The molecule has 0 spiro atoms. The quantitative estimate of drug-likeness (QED) is 0.236. The molecule has 0 saturated carbocycles. The van der Waals surface area contributed by atoms with Crippen LogP contribution in [0.2, 0.25) is 0 Å². The molecule has 0 fully saturated rings. The Balaban J connectivity index is 1.43. The second kappa shape index (κ2) is 11.6. The van der Waals surface area contributed by atoms with E-state index in [9.17, 15) is 18.0 Å². The summed E-state index contributed by atoms with van der Waals surface area (Å²) in [6, 6.07) is 22.9. The summed E-state index contributed by atoms with van der Waals surface area (Å²) in [6.45, 7) is 4.43. The number of unbranched alkanes of at least 4 members (excludes halogenated alkanes) is 1. The fourth-order valence-corrected chi connectivity index (χ4v) is 7.00. The summed E-state index contributed by atoms with van der Waals surface area (Å²) in [7, 11) is -4.09. The topological polar surface area (TPSA) is 98.1 Å². The van der Waals surface area contributed by atoms with Gasteiger partial charge >= 0.3 is 0 Å². The summed E-state index contributed by atoms with van der Waals surface area (Å²) in [6.07, 6.45) is 2.63. The highest BCUT2D eigenvalue weighted by atomic mass is 32.2. The Bertz CT molecular complexity index is 1840. The SMILES string of the molecule is CCCCc1nc2ccc(C)cc2c(=O)n1Cc1ccc(-c2sccc2S(=O)(=O)NC(=O)c2ccccc2)cc1. The lowest BCUT2D eigenvalue weighted by Crippen LogP contribution is -2.30. The third kappa shape index (κ3) is 5.76. The molecule has 0 radical (unpaired) electrons. The molecule has 0 aliphatic carbocycles. The van der Waals surface area contributed by atoms with Gasteiger partial charge in [-0.1, -0.05) is 67.4 Å². The van der Waals surface area contributed by atoms with E-state index in [4.69, 9.17) is 4.98 Å². The summed E-state index contributed by atoms with van der Waals surface area (Å²) in [5.41, 5.74) is 3.51. The summed E-state index contributed by atoms with van der Waals surface area (Å²) < 4.78 is 30.1. The van der Waals surface area contributed by atoms with E-state index < -0.39 is 15.9 Å². The molecule has 2 heterocycles. The van der Waals surface area contributed by atoms with Crippen LogP contribution in [0, 0.1) is 6.92 Å². The molecule has 2 aromatic heterocycles. The molecule has 0 bridgehead atoms. The molecule has 0 saturated heterocycles. The predicted molar refractivity (Wildman–Crippen MR) is 159 cm³/mol. The maximum atomic E-state index is 13.5. The van der Waals surface area contributed by atoms with Gasteiger partial charge in [-0.2, -0.15) is 0 Å². The maximum Gasteiger partial charge on any atom is 0.265 e. The van der Waals surface area contributed by atoms with Crippen LogP contribution in [0.15, 0.2) is 93.9 Å². The number of carbonyl (C=O) groups is 1. The molecule has 5 rings (SSSR count). The summed E-state index contributed by atoms with van der Waals surface area (Å²) in [5.74, 6) is 0.0738. The number of sulfonamides is 1. The second-order valence-corrected chi connectivity index (χ2v) is 12.2. The van der Waals surface area contributed by atoms with Crippen LogP contribution in [0.4, 0.5) is 0 Å². The third-order valence-corrected chi connectivity index (χ3v) is 9.15.